The summed E-state index contributed by atoms with van der Waals surface area (Å²) in [4.78, 5) is 14.6. The number of hydrogen-bond acceptors (Lipinski definition) is 4. The third-order valence-corrected chi connectivity index (χ3v) is 6.60. The first-order valence-electron chi connectivity index (χ1n) is 11.7. The van der Waals surface area contributed by atoms with Crippen molar-refractivity contribution in [1.82, 2.24) is 4.90 Å². The highest BCUT2D eigenvalue weighted by Gasteiger charge is 2.39. The summed E-state index contributed by atoms with van der Waals surface area (Å²) in [6.45, 7) is 4.03. The number of esters is 1. The Bertz CT molecular complexity index is 1140. The van der Waals surface area contributed by atoms with Crippen molar-refractivity contribution in [2.24, 2.45) is 0 Å². The molecule has 1 saturated heterocycles. The lowest BCUT2D eigenvalue weighted by Crippen LogP contribution is -2.49. The molecule has 2 aliphatic rings. The summed E-state index contributed by atoms with van der Waals surface area (Å²) in [5, 5.41) is 0. The van der Waals surface area contributed by atoms with Crippen molar-refractivity contribution in [3.05, 3.63) is 102 Å². The maximum Gasteiger partial charge on any atom is 0.325 e. The van der Waals surface area contributed by atoms with Gasteiger partial charge in [0, 0.05) is 31.5 Å². The molecular formula is C29H29NO3. The second-order valence-electron chi connectivity index (χ2n) is 8.83. The van der Waals surface area contributed by atoms with E-state index in [1.807, 2.05) is 24.3 Å². The molecule has 0 bridgehead atoms. The molecule has 1 fully saturated rings. The summed E-state index contributed by atoms with van der Waals surface area (Å²) in [5.74, 6) is 1.30. The minimum atomic E-state index is -0.354. The molecule has 0 saturated carbocycles. The maximum absolute atomic E-state index is 12.4. The van der Waals surface area contributed by atoms with Crippen LogP contribution in [0.4, 0.5) is 0 Å². The zero-order valence-electron chi connectivity index (χ0n) is 19.0. The smallest absolute Gasteiger partial charge is 0.325 e. The Hall–Kier alpha value is -3.37. The maximum atomic E-state index is 12.4. The van der Waals surface area contributed by atoms with Gasteiger partial charge in [0.25, 0.3) is 0 Å². The van der Waals surface area contributed by atoms with Gasteiger partial charge in [-0.2, -0.15) is 0 Å². The number of hydrogen-bond donors (Lipinski definition) is 0. The number of fused-ring (bicyclic) bond motifs is 1. The number of carbonyl (C=O) groups is 1. The van der Waals surface area contributed by atoms with Crippen LogP contribution in [0.15, 0.2) is 84.9 Å². The summed E-state index contributed by atoms with van der Waals surface area (Å²) in [7, 11) is 0. The first-order chi connectivity index (χ1) is 16.1. The van der Waals surface area contributed by atoms with Gasteiger partial charge in [-0.15, -0.1) is 0 Å². The summed E-state index contributed by atoms with van der Waals surface area (Å²) in [5.41, 5.74) is 4.58. The lowest BCUT2D eigenvalue weighted by Gasteiger charge is -2.43. The van der Waals surface area contributed by atoms with Crippen molar-refractivity contribution in [3.63, 3.8) is 0 Å². The van der Waals surface area contributed by atoms with Gasteiger partial charge < -0.3 is 9.47 Å². The van der Waals surface area contributed by atoms with E-state index in [9.17, 15) is 4.79 Å². The normalized spacial score (nSPS) is 17.1. The molecule has 168 valence electrons. The van der Waals surface area contributed by atoms with Crippen molar-refractivity contribution >= 4 is 11.5 Å². The van der Waals surface area contributed by atoms with Gasteiger partial charge in [0.1, 0.15) is 17.1 Å². The van der Waals surface area contributed by atoms with Crippen molar-refractivity contribution < 1.29 is 14.3 Å². The van der Waals surface area contributed by atoms with Crippen molar-refractivity contribution in [2.45, 2.75) is 31.8 Å². The van der Waals surface area contributed by atoms with Gasteiger partial charge in [-0.05, 0) is 47.4 Å². The first-order valence-corrected chi connectivity index (χ1v) is 11.7. The average molecular weight is 440 g/mol. The quantitative estimate of drug-likeness (QED) is 0.388. The standard InChI is InChI=1S/C29H29NO3/c1-2-22-12-14-23(15-13-22)26-20-29(33-27-11-7-6-10-25(26)27)16-18-30(19-17-29)21-28(31)32-24-8-4-3-5-9-24/h3-15,20H,2,16-19,21H2,1H3. The highest BCUT2D eigenvalue weighted by molar-refractivity contribution is 5.85. The fraction of sp³-hybridized carbons (Fsp3) is 0.276. The summed E-state index contributed by atoms with van der Waals surface area (Å²) >= 11 is 0. The third kappa shape index (κ3) is 4.71. The van der Waals surface area contributed by atoms with Crippen LogP contribution < -0.4 is 9.47 Å². The van der Waals surface area contributed by atoms with Gasteiger partial charge in [0.2, 0.25) is 0 Å². The van der Waals surface area contributed by atoms with Crippen LogP contribution >= 0.6 is 0 Å². The summed E-state index contributed by atoms with van der Waals surface area (Å²) < 4.78 is 12.1. The number of nitrogens with zero attached hydrogens (tertiary/aromatic N) is 1. The topological polar surface area (TPSA) is 38.8 Å². The van der Waals surface area contributed by atoms with Crippen LogP contribution in [-0.2, 0) is 11.2 Å². The number of rotatable bonds is 5. The third-order valence-electron chi connectivity index (χ3n) is 6.60. The zero-order chi connectivity index (χ0) is 22.7. The molecule has 0 atom stereocenters. The van der Waals surface area contributed by atoms with Gasteiger partial charge in [0.05, 0.1) is 6.54 Å². The monoisotopic (exact) mass is 439 g/mol. The number of aryl methyl sites for hydroxylation is 1. The molecule has 2 heterocycles. The number of carbonyl (C=O) groups excluding carboxylic acids is 1. The molecule has 1 spiro atoms. The Morgan fingerprint density at radius 3 is 2.36 bits per heavy atom. The molecule has 0 amide bonds. The molecule has 0 aromatic heterocycles. The number of piperidine rings is 1. The van der Waals surface area contributed by atoms with Gasteiger partial charge in [-0.25, -0.2) is 0 Å². The molecule has 33 heavy (non-hydrogen) atoms. The molecule has 0 aliphatic carbocycles. The Labute approximate surface area is 195 Å². The molecule has 3 aromatic carbocycles. The predicted octanol–water partition coefficient (Wildman–Crippen LogP) is 5.51. The van der Waals surface area contributed by atoms with Gasteiger partial charge in [0.15, 0.2) is 0 Å². The zero-order valence-corrected chi connectivity index (χ0v) is 19.0. The number of ether oxygens (including phenoxy) is 2. The van der Waals surface area contributed by atoms with Crippen molar-refractivity contribution in [2.75, 3.05) is 19.6 Å². The number of benzene rings is 3. The van der Waals surface area contributed by atoms with E-state index in [0.717, 1.165) is 43.7 Å². The van der Waals surface area contributed by atoms with Gasteiger partial charge in [-0.3, -0.25) is 9.69 Å². The number of likely N-dealkylation sites (tertiary alicyclic amines) is 1. The van der Waals surface area contributed by atoms with Crippen LogP contribution in [0.25, 0.3) is 5.57 Å². The minimum Gasteiger partial charge on any atom is -0.482 e. The van der Waals surface area contributed by atoms with Crippen LogP contribution in [0.5, 0.6) is 11.5 Å². The van der Waals surface area contributed by atoms with E-state index < -0.39 is 0 Å². The Kier molecular flexibility index (Phi) is 6.01. The fourth-order valence-corrected chi connectivity index (χ4v) is 4.70. The molecule has 5 rings (SSSR count). The lowest BCUT2D eigenvalue weighted by molar-refractivity contribution is -0.136. The molecule has 0 radical (unpaired) electrons. The van der Waals surface area contributed by atoms with Crippen molar-refractivity contribution in [1.29, 1.82) is 0 Å². The number of para-hydroxylation sites is 2. The van der Waals surface area contributed by atoms with Crippen LogP contribution in [-0.4, -0.2) is 36.1 Å². The van der Waals surface area contributed by atoms with E-state index in [0.29, 0.717) is 5.75 Å². The van der Waals surface area contributed by atoms with Crippen LogP contribution in [0.1, 0.15) is 36.5 Å². The largest absolute Gasteiger partial charge is 0.482 e. The second-order valence-corrected chi connectivity index (χ2v) is 8.83. The SMILES string of the molecule is CCc1ccc(C2=CC3(CCN(CC(=O)Oc4ccccc4)CC3)Oc3ccccc32)cc1. The molecule has 4 heteroatoms. The predicted molar refractivity (Wildman–Crippen MR) is 130 cm³/mol. The first kappa shape index (κ1) is 21.5. The summed E-state index contributed by atoms with van der Waals surface area (Å²) in [6.07, 6.45) is 5.01. The van der Waals surface area contributed by atoms with Crippen molar-refractivity contribution in [3.8, 4) is 11.5 Å². The Morgan fingerprint density at radius 1 is 0.939 bits per heavy atom. The van der Waals surface area contributed by atoms with E-state index in [4.69, 9.17) is 9.47 Å². The highest BCUT2D eigenvalue weighted by Crippen LogP contribution is 2.43. The van der Waals surface area contributed by atoms with E-state index in [-0.39, 0.29) is 18.1 Å². The molecular weight excluding hydrogens is 410 g/mol. The summed E-state index contributed by atoms with van der Waals surface area (Å²) in [6, 6.07) is 26.4. The van der Waals surface area contributed by atoms with E-state index in [2.05, 4.69) is 60.4 Å². The minimum absolute atomic E-state index is 0.223. The van der Waals surface area contributed by atoms with Crippen LogP contribution in [0, 0.1) is 0 Å². The lowest BCUT2D eigenvalue weighted by atomic mass is 9.82. The molecule has 4 nitrogen and oxygen atoms in total. The molecule has 0 unspecified atom stereocenters. The molecule has 0 N–H and O–H groups in total. The average Bonchev–Trinajstić information content (AvgIpc) is 2.86. The van der Waals surface area contributed by atoms with Gasteiger partial charge in [-0.1, -0.05) is 67.6 Å². The molecule has 3 aromatic rings. The Balaban J connectivity index is 1.32. The highest BCUT2D eigenvalue weighted by atomic mass is 16.5. The van der Waals surface area contributed by atoms with Crippen LogP contribution in [0.3, 0.4) is 0 Å². The van der Waals surface area contributed by atoms with E-state index in [1.165, 1.54) is 16.7 Å². The van der Waals surface area contributed by atoms with E-state index in [1.54, 1.807) is 12.1 Å². The fourth-order valence-electron chi connectivity index (χ4n) is 4.70. The van der Waals surface area contributed by atoms with E-state index >= 15 is 0 Å². The Morgan fingerprint density at radius 2 is 1.64 bits per heavy atom. The van der Waals surface area contributed by atoms with Gasteiger partial charge >= 0.3 is 5.97 Å². The molecule has 2 aliphatic heterocycles. The van der Waals surface area contributed by atoms with Crippen LogP contribution in [0.2, 0.25) is 0 Å². The second kappa shape index (κ2) is 9.24.